The lowest BCUT2D eigenvalue weighted by molar-refractivity contribution is 0.293. The smallest absolute Gasteiger partial charge is 0.174 e. The number of methoxy groups -OCH3 is 1. The van der Waals surface area contributed by atoms with Crippen molar-refractivity contribution in [2.75, 3.05) is 19.0 Å². The Bertz CT molecular complexity index is 909. The first-order valence-electron chi connectivity index (χ1n) is 8.53. The molecule has 3 heterocycles. The molecule has 0 fully saturated rings. The van der Waals surface area contributed by atoms with Gasteiger partial charge < -0.3 is 19.5 Å². The van der Waals surface area contributed by atoms with E-state index in [9.17, 15) is 0 Å². The zero-order chi connectivity index (χ0) is 17.9. The van der Waals surface area contributed by atoms with E-state index in [2.05, 4.69) is 38.1 Å². The van der Waals surface area contributed by atoms with Crippen molar-refractivity contribution in [2.24, 2.45) is 0 Å². The van der Waals surface area contributed by atoms with E-state index in [1.54, 1.807) is 7.11 Å². The van der Waals surface area contributed by atoms with Gasteiger partial charge in [0.05, 0.1) is 18.8 Å². The first-order chi connectivity index (χ1) is 12.8. The molecule has 6 heteroatoms. The molecule has 132 valence electrons. The molecule has 2 aromatic heterocycles. The van der Waals surface area contributed by atoms with Crippen molar-refractivity contribution in [1.82, 2.24) is 14.5 Å². The van der Waals surface area contributed by atoms with Gasteiger partial charge in [-0.25, -0.2) is 0 Å². The Labute approximate surface area is 158 Å². The molecule has 0 unspecified atom stereocenters. The fraction of sp³-hybridized carbons (Fsp3) is 0.200. The maximum atomic E-state index is 5.78. The summed E-state index contributed by atoms with van der Waals surface area (Å²) in [7, 11) is 1.66. The van der Waals surface area contributed by atoms with Crippen molar-refractivity contribution in [1.29, 1.82) is 0 Å². The van der Waals surface area contributed by atoms with Gasteiger partial charge in [0.15, 0.2) is 5.11 Å². The van der Waals surface area contributed by atoms with Crippen LogP contribution >= 0.6 is 12.2 Å². The minimum atomic E-state index is 0.0523. The average molecular weight is 364 g/mol. The van der Waals surface area contributed by atoms with Crippen LogP contribution in [0.2, 0.25) is 0 Å². The molecule has 1 N–H and O–H groups in total. The van der Waals surface area contributed by atoms with Gasteiger partial charge in [0, 0.05) is 37.4 Å². The number of thiocarbonyl (C=S) groups is 1. The number of hydrogen-bond donors (Lipinski definition) is 1. The standard InChI is InChI=1S/C20H20N4OS/c1-25-18-7-3-2-5-16(18)22-20(26)24-14-13-23-12-4-6-17(23)19(24)15-8-10-21-11-9-15/h2-12,19H,13-14H2,1H3,(H,22,26)/t19-/m1/s1. The zero-order valence-electron chi connectivity index (χ0n) is 14.5. The fourth-order valence-corrected chi connectivity index (χ4v) is 3.74. The number of ether oxygens (including phenoxy) is 1. The number of fused-ring (bicyclic) bond motifs is 1. The van der Waals surface area contributed by atoms with E-state index in [4.69, 9.17) is 17.0 Å². The van der Waals surface area contributed by atoms with Crippen LogP contribution in [0.1, 0.15) is 17.3 Å². The molecule has 1 aromatic carbocycles. The summed E-state index contributed by atoms with van der Waals surface area (Å²) < 4.78 is 7.72. The van der Waals surface area contributed by atoms with Crippen molar-refractivity contribution in [3.05, 3.63) is 78.4 Å². The third-order valence-corrected chi connectivity index (χ3v) is 5.01. The van der Waals surface area contributed by atoms with E-state index in [0.717, 1.165) is 24.5 Å². The molecular formula is C20H20N4OS. The molecule has 1 aliphatic heterocycles. The second-order valence-electron chi connectivity index (χ2n) is 6.13. The van der Waals surface area contributed by atoms with Crippen LogP contribution in [0.25, 0.3) is 0 Å². The molecule has 0 aliphatic carbocycles. The van der Waals surface area contributed by atoms with E-state index in [1.165, 1.54) is 11.3 Å². The van der Waals surface area contributed by atoms with E-state index >= 15 is 0 Å². The Balaban J connectivity index is 1.67. The largest absolute Gasteiger partial charge is 0.495 e. The third kappa shape index (κ3) is 3.04. The first-order valence-corrected chi connectivity index (χ1v) is 8.94. The number of nitrogens with one attached hydrogen (secondary N) is 1. The molecule has 3 aromatic rings. The summed E-state index contributed by atoms with van der Waals surface area (Å²) in [5.74, 6) is 0.774. The van der Waals surface area contributed by atoms with Gasteiger partial charge in [0.2, 0.25) is 0 Å². The van der Waals surface area contributed by atoms with E-state index in [-0.39, 0.29) is 6.04 Å². The number of para-hydroxylation sites is 2. The van der Waals surface area contributed by atoms with E-state index in [0.29, 0.717) is 5.11 Å². The van der Waals surface area contributed by atoms with Crippen molar-refractivity contribution in [2.45, 2.75) is 12.6 Å². The summed E-state index contributed by atoms with van der Waals surface area (Å²) in [5.41, 5.74) is 3.27. The maximum Gasteiger partial charge on any atom is 0.174 e. The maximum absolute atomic E-state index is 5.78. The fourth-order valence-electron chi connectivity index (χ4n) is 3.43. The molecule has 0 amide bonds. The average Bonchev–Trinajstić information content (AvgIpc) is 3.17. The van der Waals surface area contributed by atoms with Crippen LogP contribution < -0.4 is 10.1 Å². The number of anilines is 1. The summed E-state index contributed by atoms with van der Waals surface area (Å²) in [4.78, 5) is 6.38. The van der Waals surface area contributed by atoms with Crippen LogP contribution in [-0.2, 0) is 6.54 Å². The molecule has 1 atom stereocenters. The molecule has 26 heavy (non-hydrogen) atoms. The van der Waals surface area contributed by atoms with Crippen molar-refractivity contribution < 1.29 is 4.74 Å². The summed E-state index contributed by atoms with van der Waals surface area (Å²) in [6.07, 6.45) is 5.77. The van der Waals surface area contributed by atoms with Crippen LogP contribution in [0.3, 0.4) is 0 Å². The van der Waals surface area contributed by atoms with Crippen LogP contribution in [0, 0.1) is 0 Å². The molecule has 4 rings (SSSR count). The molecule has 1 aliphatic rings. The number of hydrogen-bond acceptors (Lipinski definition) is 3. The minimum Gasteiger partial charge on any atom is -0.495 e. The molecule has 0 radical (unpaired) electrons. The Morgan fingerprint density at radius 3 is 2.73 bits per heavy atom. The van der Waals surface area contributed by atoms with Crippen LogP contribution in [0.4, 0.5) is 5.69 Å². The van der Waals surface area contributed by atoms with E-state index in [1.807, 2.05) is 48.8 Å². The van der Waals surface area contributed by atoms with Crippen molar-refractivity contribution >= 4 is 23.0 Å². The number of benzene rings is 1. The molecule has 0 bridgehead atoms. The second-order valence-corrected chi connectivity index (χ2v) is 6.52. The lowest BCUT2D eigenvalue weighted by Crippen LogP contribution is -2.44. The number of aromatic nitrogens is 2. The molecule has 0 spiro atoms. The number of pyridine rings is 1. The lowest BCUT2D eigenvalue weighted by atomic mass is 10.0. The SMILES string of the molecule is COc1ccccc1NC(=S)N1CCn2cccc2[C@H]1c1ccncc1. The van der Waals surface area contributed by atoms with Crippen LogP contribution in [0.5, 0.6) is 5.75 Å². The number of nitrogens with zero attached hydrogens (tertiary/aromatic N) is 3. The predicted octanol–water partition coefficient (Wildman–Crippen LogP) is 3.69. The molecule has 0 saturated carbocycles. The highest BCUT2D eigenvalue weighted by Crippen LogP contribution is 2.33. The van der Waals surface area contributed by atoms with Crippen LogP contribution in [0.15, 0.2) is 67.1 Å². The highest BCUT2D eigenvalue weighted by atomic mass is 32.1. The lowest BCUT2D eigenvalue weighted by Gasteiger charge is -2.39. The topological polar surface area (TPSA) is 42.3 Å². The van der Waals surface area contributed by atoms with Gasteiger partial charge in [0.25, 0.3) is 0 Å². The second kappa shape index (κ2) is 7.17. The number of rotatable bonds is 3. The normalized spacial score (nSPS) is 16.0. The Kier molecular flexibility index (Phi) is 4.58. The molecule has 5 nitrogen and oxygen atoms in total. The van der Waals surface area contributed by atoms with Gasteiger partial charge in [-0.05, 0) is 54.2 Å². The van der Waals surface area contributed by atoms with Gasteiger partial charge >= 0.3 is 0 Å². The summed E-state index contributed by atoms with van der Waals surface area (Å²) >= 11 is 5.78. The van der Waals surface area contributed by atoms with Crippen LogP contribution in [-0.4, -0.2) is 33.2 Å². The molecular weight excluding hydrogens is 344 g/mol. The van der Waals surface area contributed by atoms with Gasteiger partial charge in [-0.3, -0.25) is 4.98 Å². The zero-order valence-corrected chi connectivity index (χ0v) is 15.3. The summed E-state index contributed by atoms with van der Waals surface area (Å²) in [5, 5.41) is 4.05. The summed E-state index contributed by atoms with van der Waals surface area (Å²) in [6.45, 7) is 1.73. The Morgan fingerprint density at radius 1 is 1.12 bits per heavy atom. The first kappa shape index (κ1) is 16.6. The Hall–Kier alpha value is -2.86. The predicted molar refractivity (Wildman–Crippen MR) is 106 cm³/mol. The van der Waals surface area contributed by atoms with Crippen molar-refractivity contribution in [3.8, 4) is 5.75 Å². The van der Waals surface area contributed by atoms with Gasteiger partial charge in [0.1, 0.15) is 5.75 Å². The quantitative estimate of drug-likeness (QED) is 0.718. The Morgan fingerprint density at radius 2 is 1.92 bits per heavy atom. The molecule has 0 saturated heterocycles. The summed E-state index contributed by atoms with van der Waals surface area (Å²) in [6, 6.07) is 16.2. The van der Waals surface area contributed by atoms with Gasteiger partial charge in [-0.2, -0.15) is 0 Å². The minimum absolute atomic E-state index is 0.0523. The monoisotopic (exact) mass is 364 g/mol. The highest BCUT2D eigenvalue weighted by molar-refractivity contribution is 7.80. The third-order valence-electron chi connectivity index (χ3n) is 4.67. The van der Waals surface area contributed by atoms with Crippen molar-refractivity contribution in [3.63, 3.8) is 0 Å². The van der Waals surface area contributed by atoms with Gasteiger partial charge in [-0.1, -0.05) is 12.1 Å². The van der Waals surface area contributed by atoms with E-state index < -0.39 is 0 Å². The van der Waals surface area contributed by atoms with Gasteiger partial charge in [-0.15, -0.1) is 0 Å². The highest BCUT2D eigenvalue weighted by Gasteiger charge is 2.30.